The highest BCUT2D eigenvalue weighted by Crippen LogP contribution is 2.21. The average molecular weight is 165 g/mol. The summed E-state index contributed by atoms with van der Waals surface area (Å²) in [5.74, 6) is 2.35. The molecule has 1 nitrogen and oxygen atoms in total. The topological polar surface area (TPSA) is 26.0 Å². The van der Waals surface area contributed by atoms with E-state index in [0.29, 0.717) is 4.58 Å². The number of hydrogen-bond acceptors (Lipinski definition) is 3. The normalized spacial score (nSPS) is 10.7. The second-order valence-corrected chi connectivity index (χ2v) is 4.83. The third kappa shape index (κ3) is 5.12. The quantitative estimate of drug-likeness (QED) is 0.629. The van der Waals surface area contributed by atoms with Crippen molar-refractivity contribution in [3.63, 3.8) is 0 Å². The maximum atomic E-state index is 5.50. The van der Waals surface area contributed by atoms with Crippen LogP contribution in [0, 0.1) is 0 Å². The Balaban J connectivity index is 3.18. The zero-order valence-electron chi connectivity index (χ0n) is 6.09. The van der Waals surface area contributed by atoms with E-state index in [-0.39, 0.29) is 0 Å². The van der Waals surface area contributed by atoms with Crippen LogP contribution < -0.4 is 5.73 Å². The highest BCUT2D eigenvalue weighted by Gasteiger charge is 2.02. The van der Waals surface area contributed by atoms with Crippen LogP contribution in [0.1, 0.15) is 13.8 Å². The molecule has 0 saturated carbocycles. The highest BCUT2D eigenvalue weighted by molar-refractivity contribution is 8.17. The van der Waals surface area contributed by atoms with Gasteiger partial charge in [0.15, 0.2) is 0 Å². The van der Waals surface area contributed by atoms with Crippen LogP contribution in [0.4, 0.5) is 0 Å². The van der Waals surface area contributed by atoms with E-state index in [2.05, 4.69) is 13.8 Å². The maximum absolute atomic E-state index is 5.50. The smallest absolute Gasteiger partial charge is 0.0624 e. The van der Waals surface area contributed by atoms with Crippen molar-refractivity contribution in [3.8, 4) is 0 Å². The molecule has 0 spiro atoms. The molecule has 0 saturated heterocycles. The monoisotopic (exact) mass is 165 g/mol. The fourth-order valence-corrected chi connectivity index (χ4v) is 2.77. The average Bonchev–Trinajstić information content (AvgIpc) is 1.88. The molecule has 0 aromatic heterocycles. The predicted molar refractivity (Wildman–Crippen MR) is 49.1 cm³/mol. The van der Waals surface area contributed by atoms with E-state index in [4.69, 9.17) is 5.73 Å². The summed E-state index contributed by atoms with van der Waals surface area (Å²) >= 11 is 3.88. The van der Waals surface area contributed by atoms with Crippen LogP contribution in [0.25, 0.3) is 0 Å². The summed E-state index contributed by atoms with van der Waals surface area (Å²) in [7, 11) is 0. The van der Waals surface area contributed by atoms with Gasteiger partial charge in [-0.3, -0.25) is 0 Å². The summed E-state index contributed by atoms with van der Waals surface area (Å²) in [4.78, 5) is 0. The Kier molecular flexibility index (Phi) is 7.27. The summed E-state index contributed by atoms with van der Waals surface area (Å²) < 4.78 is 0.625. The molecule has 0 heterocycles. The van der Waals surface area contributed by atoms with E-state index in [0.717, 1.165) is 6.54 Å². The third-order valence-corrected chi connectivity index (χ3v) is 3.51. The Labute approximate surface area is 66.2 Å². The predicted octanol–water partition coefficient (Wildman–Crippen LogP) is 1.78. The number of nitrogens with two attached hydrogens (primary N) is 1. The van der Waals surface area contributed by atoms with Crippen LogP contribution in [0.15, 0.2) is 0 Å². The van der Waals surface area contributed by atoms with Gasteiger partial charge in [-0.25, -0.2) is 0 Å². The molecule has 0 fully saturated rings. The second kappa shape index (κ2) is 6.78. The zero-order valence-corrected chi connectivity index (χ0v) is 7.73. The van der Waals surface area contributed by atoms with Gasteiger partial charge in [0.05, 0.1) is 4.58 Å². The van der Waals surface area contributed by atoms with Gasteiger partial charge in [0.1, 0.15) is 0 Å². The van der Waals surface area contributed by atoms with Crippen LogP contribution >= 0.6 is 23.5 Å². The van der Waals surface area contributed by atoms with E-state index in [9.17, 15) is 0 Å². The SMILES string of the molecule is CCSC(CN)SCC. The number of rotatable bonds is 5. The van der Waals surface area contributed by atoms with Gasteiger partial charge in [-0.1, -0.05) is 13.8 Å². The summed E-state index contributed by atoms with van der Waals surface area (Å²) in [6.45, 7) is 5.14. The van der Waals surface area contributed by atoms with Gasteiger partial charge < -0.3 is 5.73 Å². The highest BCUT2D eigenvalue weighted by atomic mass is 32.2. The molecular weight excluding hydrogens is 150 g/mol. The Hall–Kier alpha value is 0.660. The second-order valence-electron chi connectivity index (χ2n) is 1.58. The Bertz CT molecular complexity index is 53.0. The van der Waals surface area contributed by atoms with Gasteiger partial charge in [-0.05, 0) is 11.5 Å². The first kappa shape index (κ1) is 9.66. The first-order chi connectivity index (χ1) is 4.35. The molecule has 0 aliphatic heterocycles. The van der Waals surface area contributed by atoms with E-state index in [1.165, 1.54) is 11.5 Å². The zero-order chi connectivity index (χ0) is 7.11. The van der Waals surface area contributed by atoms with Gasteiger partial charge in [0, 0.05) is 6.54 Å². The molecule has 2 N–H and O–H groups in total. The molecule has 56 valence electrons. The molecule has 0 aromatic rings. The van der Waals surface area contributed by atoms with Crippen LogP contribution in [0.3, 0.4) is 0 Å². The van der Waals surface area contributed by atoms with E-state index >= 15 is 0 Å². The summed E-state index contributed by atoms with van der Waals surface area (Å²) in [5, 5.41) is 0. The third-order valence-electron chi connectivity index (χ3n) is 0.898. The first-order valence-corrected chi connectivity index (χ1v) is 5.38. The number of hydrogen-bond donors (Lipinski definition) is 1. The molecule has 9 heavy (non-hydrogen) atoms. The van der Waals surface area contributed by atoms with Gasteiger partial charge in [0.2, 0.25) is 0 Å². The van der Waals surface area contributed by atoms with E-state index in [1.54, 1.807) is 0 Å². The van der Waals surface area contributed by atoms with Crippen molar-refractivity contribution >= 4 is 23.5 Å². The fourth-order valence-electron chi connectivity index (χ4n) is 0.556. The van der Waals surface area contributed by atoms with Crippen molar-refractivity contribution < 1.29 is 0 Å². The minimum atomic E-state index is 0.625. The van der Waals surface area contributed by atoms with Crippen molar-refractivity contribution in [2.24, 2.45) is 5.73 Å². The molecule has 0 atom stereocenters. The van der Waals surface area contributed by atoms with Crippen molar-refractivity contribution in [2.45, 2.75) is 18.4 Å². The molecule has 3 heteroatoms. The molecule has 0 aliphatic carbocycles. The molecule has 0 aliphatic rings. The first-order valence-electron chi connectivity index (χ1n) is 3.28. The van der Waals surface area contributed by atoms with Gasteiger partial charge in [0.25, 0.3) is 0 Å². The van der Waals surface area contributed by atoms with E-state index in [1.807, 2.05) is 23.5 Å². The van der Waals surface area contributed by atoms with Gasteiger partial charge in [-0.15, -0.1) is 23.5 Å². The lowest BCUT2D eigenvalue weighted by molar-refractivity contribution is 1.10. The van der Waals surface area contributed by atoms with Crippen LogP contribution in [0.5, 0.6) is 0 Å². The minimum absolute atomic E-state index is 0.625. The lowest BCUT2D eigenvalue weighted by Gasteiger charge is -2.10. The largest absolute Gasteiger partial charge is 0.329 e. The molecule has 0 amide bonds. The lowest BCUT2D eigenvalue weighted by Crippen LogP contribution is -2.13. The molecule has 0 unspecified atom stereocenters. The fraction of sp³-hybridized carbons (Fsp3) is 1.00. The van der Waals surface area contributed by atoms with Crippen molar-refractivity contribution in [2.75, 3.05) is 18.1 Å². The Morgan fingerprint density at radius 3 is 1.89 bits per heavy atom. The summed E-state index contributed by atoms with van der Waals surface area (Å²) in [6.07, 6.45) is 0. The lowest BCUT2D eigenvalue weighted by atomic mass is 10.8. The van der Waals surface area contributed by atoms with Gasteiger partial charge >= 0.3 is 0 Å². The molecule has 0 radical (unpaired) electrons. The summed E-state index contributed by atoms with van der Waals surface area (Å²) in [5.41, 5.74) is 5.50. The maximum Gasteiger partial charge on any atom is 0.0624 e. The summed E-state index contributed by atoms with van der Waals surface area (Å²) in [6, 6.07) is 0. The van der Waals surface area contributed by atoms with Crippen LogP contribution in [-0.4, -0.2) is 22.6 Å². The van der Waals surface area contributed by atoms with Crippen molar-refractivity contribution in [1.82, 2.24) is 0 Å². The van der Waals surface area contributed by atoms with Crippen LogP contribution in [-0.2, 0) is 0 Å². The van der Waals surface area contributed by atoms with Gasteiger partial charge in [-0.2, -0.15) is 0 Å². The molecular formula is C6H15NS2. The Morgan fingerprint density at radius 1 is 1.22 bits per heavy atom. The molecule has 0 rings (SSSR count). The molecule has 0 bridgehead atoms. The van der Waals surface area contributed by atoms with Crippen LogP contribution in [0.2, 0.25) is 0 Å². The van der Waals surface area contributed by atoms with E-state index < -0.39 is 0 Å². The van der Waals surface area contributed by atoms with Crippen molar-refractivity contribution in [1.29, 1.82) is 0 Å². The molecule has 0 aromatic carbocycles. The Morgan fingerprint density at radius 2 is 1.67 bits per heavy atom. The standard InChI is InChI=1S/C6H15NS2/c1-3-8-6(5-7)9-4-2/h6H,3-5,7H2,1-2H3. The minimum Gasteiger partial charge on any atom is -0.329 e. The van der Waals surface area contributed by atoms with Crippen molar-refractivity contribution in [3.05, 3.63) is 0 Å². The number of thioether (sulfide) groups is 2.